The van der Waals surface area contributed by atoms with Crippen molar-refractivity contribution >= 4 is 33.3 Å². The lowest BCUT2D eigenvalue weighted by Crippen LogP contribution is -2.29. The van der Waals surface area contributed by atoms with Crippen LogP contribution in [0.1, 0.15) is 21.5 Å². The quantitative estimate of drug-likeness (QED) is 0.564. The standard InChI is InChI=1S/C22H18ClNO4S/c23-19-11-10-18(22(25)28-15-16-6-2-1-3-7-16)14-21(19)29(26,27)24-13-12-17-8-4-5-9-20(17)24/h1-11,14H,12-13,15H2. The first-order valence-electron chi connectivity index (χ1n) is 9.08. The van der Waals surface area contributed by atoms with Crippen LogP contribution in [0.4, 0.5) is 5.69 Å². The summed E-state index contributed by atoms with van der Waals surface area (Å²) in [5.41, 5.74) is 2.58. The van der Waals surface area contributed by atoms with Crippen molar-refractivity contribution in [2.45, 2.75) is 17.9 Å². The van der Waals surface area contributed by atoms with Crippen LogP contribution in [0.2, 0.25) is 5.02 Å². The van der Waals surface area contributed by atoms with Gasteiger partial charge in [-0.05, 0) is 41.8 Å². The Morgan fingerprint density at radius 1 is 1.00 bits per heavy atom. The number of anilines is 1. The smallest absolute Gasteiger partial charge is 0.338 e. The molecule has 4 rings (SSSR count). The molecule has 0 saturated carbocycles. The molecule has 0 atom stereocenters. The zero-order chi connectivity index (χ0) is 20.4. The lowest BCUT2D eigenvalue weighted by Gasteiger charge is -2.20. The van der Waals surface area contributed by atoms with Gasteiger partial charge in [0.2, 0.25) is 0 Å². The molecule has 0 aliphatic carbocycles. The number of carbonyl (C=O) groups is 1. The Balaban J connectivity index is 1.61. The molecule has 148 valence electrons. The number of hydrogen-bond acceptors (Lipinski definition) is 4. The maximum atomic E-state index is 13.3. The Kier molecular flexibility index (Phi) is 5.30. The first kappa shape index (κ1) is 19.5. The van der Waals surface area contributed by atoms with Crippen molar-refractivity contribution in [3.63, 3.8) is 0 Å². The highest BCUT2D eigenvalue weighted by molar-refractivity contribution is 7.93. The molecule has 29 heavy (non-hydrogen) atoms. The zero-order valence-corrected chi connectivity index (χ0v) is 17.0. The van der Waals surface area contributed by atoms with Gasteiger partial charge in [-0.1, -0.05) is 60.1 Å². The van der Waals surface area contributed by atoms with Crippen molar-refractivity contribution in [2.24, 2.45) is 0 Å². The molecular weight excluding hydrogens is 410 g/mol. The Hall–Kier alpha value is -2.83. The second-order valence-corrected chi connectivity index (χ2v) is 8.90. The van der Waals surface area contributed by atoms with Crippen LogP contribution < -0.4 is 4.31 Å². The van der Waals surface area contributed by atoms with Gasteiger partial charge in [0.25, 0.3) is 10.0 Å². The van der Waals surface area contributed by atoms with E-state index < -0.39 is 16.0 Å². The van der Waals surface area contributed by atoms with E-state index in [1.807, 2.05) is 42.5 Å². The summed E-state index contributed by atoms with van der Waals surface area (Å²) in [6.45, 7) is 0.435. The van der Waals surface area contributed by atoms with Crippen LogP contribution in [-0.4, -0.2) is 20.9 Å². The lowest BCUT2D eigenvalue weighted by molar-refractivity contribution is 0.0472. The molecule has 0 bridgehead atoms. The van der Waals surface area contributed by atoms with Gasteiger partial charge in [-0.3, -0.25) is 4.31 Å². The van der Waals surface area contributed by atoms with E-state index in [0.717, 1.165) is 11.1 Å². The van der Waals surface area contributed by atoms with Crippen LogP contribution in [0, 0.1) is 0 Å². The Labute approximate surface area is 174 Å². The second-order valence-electron chi connectivity index (χ2n) is 6.66. The predicted molar refractivity (Wildman–Crippen MR) is 112 cm³/mol. The highest BCUT2D eigenvalue weighted by atomic mass is 35.5. The summed E-state index contributed by atoms with van der Waals surface area (Å²) in [5, 5.41) is 0.0639. The molecule has 0 N–H and O–H groups in total. The van der Waals surface area contributed by atoms with Gasteiger partial charge in [-0.15, -0.1) is 0 Å². The Morgan fingerprint density at radius 2 is 1.72 bits per heavy atom. The van der Waals surface area contributed by atoms with E-state index in [-0.39, 0.29) is 22.1 Å². The highest BCUT2D eigenvalue weighted by Crippen LogP contribution is 2.35. The zero-order valence-electron chi connectivity index (χ0n) is 15.4. The van der Waals surface area contributed by atoms with Gasteiger partial charge in [0.05, 0.1) is 16.3 Å². The van der Waals surface area contributed by atoms with Gasteiger partial charge in [0.1, 0.15) is 11.5 Å². The molecule has 1 aliphatic rings. The Morgan fingerprint density at radius 3 is 2.52 bits per heavy atom. The van der Waals surface area contributed by atoms with E-state index in [9.17, 15) is 13.2 Å². The summed E-state index contributed by atoms with van der Waals surface area (Å²) >= 11 is 6.21. The average Bonchev–Trinajstić information content (AvgIpc) is 3.18. The SMILES string of the molecule is O=C(OCc1ccccc1)c1ccc(Cl)c(S(=O)(=O)N2CCc3ccccc32)c1. The third kappa shape index (κ3) is 3.86. The van der Waals surface area contributed by atoms with E-state index in [4.69, 9.17) is 16.3 Å². The molecule has 1 aliphatic heterocycles. The van der Waals surface area contributed by atoms with Crippen molar-refractivity contribution in [1.29, 1.82) is 0 Å². The number of sulfonamides is 1. The fourth-order valence-electron chi connectivity index (χ4n) is 3.31. The summed E-state index contributed by atoms with van der Waals surface area (Å²) < 4.78 is 33.2. The molecule has 1 heterocycles. The molecule has 3 aromatic rings. The number of carbonyl (C=O) groups excluding carboxylic acids is 1. The number of esters is 1. The molecule has 0 saturated heterocycles. The van der Waals surface area contributed by atoms with Crippen LogP contribution in [0.15, 0.2) is 77.7 Å². The van der Waals surface area contributed by atoms with Crippen LogP contribution in [-0.2, 0) is 27.8 Å². The highest BCUT2D eigenvalue weighted by Gasteiger charge is 2.32. The number of hydrogen-bond donors (Lipinski definition) is 0. The third-order valence-corrected chi connectivity index (χ3v) is 7.09. The van der Waals surface area contributed by atoms with Gasteiger partial charge in [0, 0.05) is 6.54 Å². The number of benzene rings is 3. The number of nitrogens with zero attached hydrogens (tertiary/aromatic N) is 1. The maximum Gasteiger partial charge on any atom is 0.338 e. The molecule has 7 heteroatoms. The fraction of sp³-hybridized carbons (Fsp3) is 0.136. The fourth-order valence-corrected chi connectivity index (χ4v) is 5.32. The monoisotopic (exact) mass is 427 g/mol. The number of para-hydroxylation sites is 1. The van der Waals surface area contributed by atoms with Crippen molar-refractivity contribution in [3.8, 4) is 0 Å². The van der Waals surface area contributed by atoms with E-state index in [2.05, 4.69) is 0 Å². The first-order valence-corrected chi connectivity index (χ1v) is 10.9. The number of fused-ring (bicyclic) bond motifs is 1. The van der Waals surface area contributed by atoms with Crippen LogP contribution in [0.5, 0.6) is 0 Å². The van der Waals surface area contributed by atoms with Crippen molar-refractivity contribution in [2.75, 3.05) is 10.8 Å². The molecule has 0 aromatic heterocycles. The molecular formula is C22H18ClNO4S. The summed E-state index contributed by atoms with van der Waals surface area (Å²) in [6, 6.07) is 20.8. The van der Waals surface area contributed by atoms with E-state index in [1.54, 1.807) is 12.1 Å². The largest absolute Gasteiger partial charge is 0.457 e. The third-order valence-electron chi connectivity index (χ3n) is 4.79. The van der Waals surface area contributed by atoms with Gasteiger partial charge in [-0.25, -0.2) is 13.2 Å². The van der Waals surface area contributed by atoms with Crippen LogP contribution >= 0.6 is 11.6 Å². The Bertz CT molecular complexity index is 1160. The van der Waals surface area contributed by atoms with Crippen molar-refractivity contribution < 1.29 is 17.9 Å². The second kappa shape index (κ2) is 7.89. The van der Waals surface area contributed by atoms with Crippen LogP contribution in [0.25, 0.3) is 0 Å². The minimum Gasteiger partial charge on any atom is -0.457 e. The van der Waals surface area contributed by atoms with Crippen molar-refractivity contribution in [3.05, 3.63) is 94.5 Å². The maximum absolute atomic E-state index is 13.3. The minimum atomic E-state index is -3.91. The number of ether oxygens (including phenoxy) is 1. The molecule has 0 fully saturated rings. The van der Waals surface area contributed by atoms with E-state index >= 15 is 0 Å². The van der Waals surface area contributed by atoms with E-state index in [0.29, 0.717) is 18.7 Å². The molecule has 5 nitrogen and oxygen atoms in total. The summed E-state index contributed by atoms with van der Waals surface area (Å²) in [5.74, 6) is -0.608. The first-order chi connectivity index (χ1) is 14.0. The average molecular weight is 428 g/mol. The molecule has 3 aromatic carbocycles. The number of rotatable bonds is 5. The lowest BCUT2D eigenvalue weighted by atomic mass is 10.2. The summed E-state index contributed by atoms with van der Waals surface area (Å²) in [4.78, 5) is 12.3. The van der Waals surface area contributed by atoms with Gasteiger partial charge >= 0.3 is 5.97 Å². The van der Waals surface area contributed by atoms with Crippen LogP contribution in [0.3, 0.4) is 0 Å². The minimum absolute atomic E-state index is 0.0639. The van der Waals surface area contributed by atoms with E-state index in [1.165, 1.54) is 22.5 Å². The van der Waals surface area contributed by atoms with Gasteiger partial charge in [-0.2, -0.15) is 0 Å². The number of halogens is 1. The van der Waals surface area contributed by atoms with Crippen molar-refractivity contribution in [1.82, 2.24) is 0 Å². The van der Waals surface area contributed by atoms with Gasteiger partial charge in [0.15, 0.2) is 0 Å². The molecule has 0 spiro atoms. The topological polar surface area (TPSA) is 63.7 Å². The summed E-state index contributed by atoms with van der Waals surface area (Å²) in [7, 11) is -3.91. The summed E-state index contributed by atoms with van der Waals surface area (Å²) in [6.07, 6.45) is 0.631. The molecule has 0 amide bonds. The van der Waals surface area contributed by atoms with Gasteiger partial charge < -0.3 is 4.74 Å². The normalized spacial score (nSPS) is 13.2. The molecule has 0 unspecified atom stereocenters. The molecule has 0 radical (unpaired) electrons. The predicted octanol–water partition coefficient (Wildman–Crippen LogP) is 4.45.